The molecular weight excluding hydrogens is 598 g/mol. The average molecular weight is 620 g/mol. The van der Waals surface area contributed by atoms with Gasteiger partial charge in [-0.1, -0.05) is 18.2 Å². The molecule has 2 aromatic heterocycles. The van der Waals surface area contributed by atoms with Gasteiger partial charge in [0.1, 0.15) is 23.8 Å². The molecule has 4 N–H and O–H groups in total. The summed E-state index contributed by atoms with van der Waals surface area (Å²) in [5, 5.41) is 4.79. The highest BCUT2D eigenvalue weighted by molar-refractivity contribution is 14.1. The highest BCUT2D eigenvalue weighted by Gasteiger charge is 2.32. The van der Waals surface area contributed by atoms with Crippen molar-refractivity contribution in [3.05, 3.63) is 57.3 Å². The van der Waals surface area contributed by atoms with Gasteiger partial charge in [0.2, 0.25) is 6.79 Å². The van der Waals surface area contributed by atoms with Crippen molar-refractivity contribution in [2.24, 2.45) is 5.14 Å². The van der Waals surface area contributed by atoms with Crippen molar-refractivity contribution in [2.45, 2.75) is 18.9 Å². The summed E-state index contributed by atoms with van der Waals surface area (Å²) in [5.74, 6) is 0.436. The van der Waals surface area contributed by atoms with E-state index in [4.69, 9.17) is 25.1 Å². The number of nitrogen functional groups attached to an aromatic ring is 1. The predicted octanol–water partition coefficient (Wildman–Crippen LogP) is 1.76. The van der Waals surface area contributed by atoms with Crippen molar-refractivity contribution in [3.63, 3.8) is 0 Å². The van der Waals surface area contributed by atoms with Crippen LogP contribution in [0, 0.1) is 9.65 Å². The number of ether oxygens (including phenoxy) is 3. The van der Waals surface area contributed by atoms with E-state index in [0.717, 1.165) is 9.13 Å². The minimum absolute atomic E-state index is 0.0652. The normalized spacial score (nSPS) is 14.5. The molecule has 1 aliphatic heterocycles. The van der Waals surface area contributed by atoms with Gasteiger partial charge in [-0.05, 0) is 40.6 Å². The van der Waals surface area contributed by atoms with Gasteiger partial charge in [-0.15, -0.1) is 0 Å². The molecule has 15 heteroatoms. The number of aromatic nitrogens is 4. The monoisotopic (exact) mass is 620 g/mol. The van der Waals surface area contributed by atoms with Crippen LogP contribution in [0.25, 0.3) is 11.2 Å². The van der Waals surface area contributed by atoms with Gasteiger partial charge >= 0.3 is 16.4 Å². The zero-order valence-corrected chi connectivity index (χ0v) is 21.2. The molecule has 0 spiro atoms. The Bertz CT molecular complexity index is 1350. The summed E-state index contributed by atoms with van der Waals surface area (Å²) in [7, 11) is -4.00. The fourth-order valence-electron chi connectivity index (χ4n) is 3.58. The number of anilines is 1. The Morgan fingerprint density at radius 1 is 1.20 bits per heavy atom. The van der Waals surface area contributed by atoms with Gasteiger partial charge < -0.3 is 24.5 Å². The Kier molecular flexibility index (Phi) is 8.00. The molecule has 1 aromatic carbocycles. The van der Waals surface area contributed by atoms with E-state index >= 15 is 0 Å². The molecule has 0 saturated carbocycles. The molecule has 0 radical (unpaired) electrons. The van der Waals surface area contributed by atoms with Gasteiger partial charge in [0, 0.05) is 16.7 Å². The Morgan fingerprint density at radius 2 is 2.00 bits per heavy atom. The molecule has 0 saturated heterocycles. The number of nitrogens with two attached hydrogens (primary N) is 2. The van der Waals surface area contributed by atoms with Gasteiger partial charge in [0.15, 0.2) is 17.0 Å². The van der Waals surface area contributed by atoms with Crippen LogP contribution in [0.5, 0.6) is 0 Å². The van der Waals surface area contributed by atoms with Gasteiger partial charge in [-0.25, -0.2) is 10.1 Å². The predicted molar refractivity (Wildman–Crippen MR) is 130 cm³/mol. The lowest BCUT2D eigenvalue weighted by Crippen LogP contribution is -2.18. The van der Waals surface area contributed by atoms with E-state index in [1.807, 2.05) is 24.3 Å². The molecule has 1 aliphatic rings. The molecule has 3 aromatic rings. The van der Waals surface area contributed by atoms with Crippen molar-refractivity contribution in [2.75, 3.05) is 32.3 Å². The topological polar surface area (TPSA) is 167 Å². The Morgan fingerprint density at radius 3 is 2.71 bits per heavy atom. The van der Waals surface area contributed by atoms with E-state index < -0.39 is 22.3 Å². The second-order valence-electron chi connectivity index (χ2n) is 7.36. The maximum Gasteiger partial charge on any atom is 0.333 e. The zero-order chi connectivity index (χ0) is 25.0. The molecule has 3 heterocycles. The second kappa shape index (κ2) is 11.0. The molecular formula is C20H22FIN6O6S. The van der Waals surface area contributed by atoms with Gasteiger partial charge in [0.05, 0.1) is 13.2 Å². The maximum atomic E-state index is 14.1. The zero-order valence-electron chi connectivity index (χ0n) is 18.3. The third-order valence-corrected chi connectivity index (χ3v) is 6.49. The number of hydrogen-bond donors (Lipinski definition) is 2. The minimum Gasteiger partial charge on any atom is -0.462 e. The molecule has 35 heavy (non-hydrogen) atoms. The minimum atomic E-state index is -4.00. The highest BCUT2D eigenvalue weighted by Crippen LogP contribution is 2.38. The third-order valence-electron chi connectivity index (χ3n) is 5.02. The number of fused-ring (bicyclic) bond motifs is 1. The van der Waals surface area contributed by atoms with Crippen molar-refractivity contribution in [3.8, 4) is 0 Å². The summed E-state index contributed by atoms with van der Waals surface area (Å²) in [6.45, 7) is 0.605. The molecule has 4 rings (SSSR count). The van der Waals surface area contributed by atoms with Crippen molar-refractivity contribution in [1.82, 2.24) is 19.5 Å². The number of rotatable bonds is 11. The van der Waals surface area contributed by atoms with E-state index in [2.05, 4.69) is 41.7 Å². The summed E-state index contributed by atoms with van der Waals surface area (Å²) < 4.78 is 59.6. The van der Waals surface area contributed by atoms with Crippen molar-refractivity contribution < 1.29 is 31.2 Å². The number of benzene rings is 1. The second-order valence-corrected chi connectivity index (χ2v) is 9.74. The van der Waals surface area contributed by atoms with E-state index in [1.54, 1.807) is 4.57 Å². The van der Waals surface area contributed by atoms with Gasteiger partial charge in [0.25, 0.3) is 0 Å². The standard InChI is InChI=1S/C20H22FIN6O6S/c21-20-26-17(23)16-19(27-20)28(6-9-31-7-3-8-34-35(24,29)30)18(25-16)15(14-10-32-11-33-14)12-4-1-2-5-13(12)22/h1-2,4-5,10,15H,3,6-9,11H2,(H2,23,26,27)(H2,24,29,30). The van der Waals surface area contributed by atoms with Crippen LogP contribution in [0.4, 0.5) is 10.2 Å². The Balaban J connectivity index is 1.65. The summed E-state index contributed by atoms with van der Waals surface area (Å²) in [6.07, 6.45) is 0.851. The summed E-state index contributed by atoms with van der Waals surface area (Å²) in [5.41, 5.74) is 7.32. The van der Waals surface area contributed by atoms with Crippen LogP contribution >= 0.6 is 22.6 Å². The van der Waals surface area contributed by atoms with Crippen LogP contribution in [0.1, 0.15) is 23.7 Å². The lowest BCUT2D eigenvalue weighted by molar-refractivity contribution is 0.0761. The number of halogens is 2. The first-order valence-electron chi connectivity index (χ1n) is 10.4. The largest absolute Gasteiger partial charge is 0.462 e. The highest BCUT2D eigenvalue weighted by atomic mass is 127. The fraction of sp³-hybridized carbons (Fsp3) is 0.350. The third kappa shape index (κ3) is 6.16. The first kappa shape index (κ1) is 25.5. The number of allylic oxidation sites excluding steroid dienone is 1. The fourth-order valence-corrected chi connectivity index (χ4v) is 4.63. The molecule has 0 fully saturated rings. The first-order chi connectivity index (χ1) is 16.7. The smallest absolute Gasteiger partial charge is 0.333 e. The van der Waals surface area contributed by atoms with E-state index in [9.17, 15) is 12.8 Å². The van der Waals surface area contributed by atoms with Crippen molar-refractivity contribution >= 4 is 49.9 Å². The first-order valence-corrected chi connectivity index (χ1v) is 12.9. The number of hydrogen-bond acceptors (Lipinski definition) is 10. The Hall–Kier alpha value is -2.60. The average Bonchev–Trinajstić information content (AvgIpc) is 3.43. The summed E-state index contributed by atoms with van der Waals surface area (Å²) >= 11 is 2.22. The lowest BCUT2D eigenvalue weighted by atomic mass is 9.96. The molecule has 0 bridgehead atoms. The summed E-state index contributed by atoms with van der Waals surface area (Å²) in [4.78, 5) is 12.2. The quantitative estimate of drug-likeness (QED) is 0.183. The molecule has 0 aliphatic carbocycles. The van der Waals surface area contributed by atoms with Crippen LogP contribution in [0.3, 0.4) is 0 Å². The van der Waals surface area contributed by atoms with Gasteiger partial charge in [-0.2, -0.15) is 22.8 Å². The van der Waals surface area contributed by atoms with Crippen LogP contribution in [0.15, 0.2) is 36.3 Å². The van der Waals surface area contributed by atoms with Gasteiger partial charge in [-0.3, -0.25) is 4.18 Å². The van der Waals surface area contributed by atoms with E-state index in [0.29, 0.717) is 18.0 Å². The molecule has 1 atom stereocenters. The molecule has 0 amide bonds. The van der Waals surface area contributed by atoms with Crippen LogP contribution in [-0.4, -0.2) is 54.6 Å². The maximum absolute atomic E-state index is 14.1. The molecule has 188 valence electrons. The van der Waals surface area contributed by atoms with Crippen LogP contribution in [0.2, 0.25) is 0 Å². The van der Waals surface area contributed by atoms with Crippen LogP contribution in [-0.2, 0) is 35.2 Å². The molecule has 12 nitrogen and oxygen atoms in total. The van der Waals surface area contributed by atoms with Crippen LogP contribution < -0.4 is 10.9 Å². The SMILES string of the molecule is Nc1nc(F)nc2c1nc(C(C1=COCO1)c1ccccc1I)n2CCOCCCOS(N)(=O)=O. The Labute approximate surface area is 213 Å². The van der Waals surface area contributed by atoms with Crippen molar-refractivity contribution in [1.29, 1.82) is 0 Å². The molecule has 1 unspecified atom stereocenters. The van der Waals surface area contributed by atoms with E-state index in [1.165, 1.54) is 6.26 Å². The number of nitrogens with zero attached hydrogens (tertiary/aromatic N) is 4. The van der Waals surface area contributed by atoms with E-state index in [-0.39, 0.29) is 50.1 Å². The lowest BCUT2D eigenvalue weighted by Gasteiger charge is -2.20. The number of imidazole rings is 1. The summed E-state index contributed by atoms with van der Waals surface area (Å²) in [6, 6.07) is 7.70.